The maximum absolute atomic E-state index is 4.74. The number of hydrogen-bond donors (Lipinski definition) is 1. The van der Waals surface area contributed by atoms with Crippen molar-refractivity contribution in [3.05, 3.63) is 54.3 Å². The van der Waals surface area contributed by atoms with Crippen molar-refractivity contribution < 1.29 is 0 Å². The second kappa shape index (κ2) is 7.79. The van der Waals surface area contributed by atoms with Crippen molar-refractivity contribution in [2.24, 2.45) is 7.05 Å². The van der Waals surface area contributed by atoms with Gasteiger partial charge in [0.2, 0.25) is 5.95 Å². The first-order chi connectivity index (χ1) is 13.2. The highest BCUT2D eigenvalue weighted by Crippen LogP contribution is 2.32. The number of likely N-dealkylation sites (tertiary alicyclic amines) is 1. The molecule has 0 aliphatic carbocycles. The standard InChI is InChI=1S/C19H24N8/c1-14-23-15(12-17(24-14)25-19-21-7-5-8-22-19)16-6-3-4-10-27(16)13-18-20-9-11-26(18)2/h5,7-9,11-12,16H,3-4,6,10,13H2,1-2H3,(H,21,22,23,24,25)/t16-/m1/s1. The lowest BCUT2D eigenvalue weighted by atomic mass is 9.99. The quantitative estimate of drug-likeness (QED) is 0.745. The van der Waals surface area contributed by atoms with E-state index in [2.05, 4.69) is 34.7 Å². The molecule has 1 N–H and O–H groups in total. The number of nitrogens with zero attached hydrogens (tertiary/aromatic N) is 7. The molecule has 3 aromatic heterocycles. The molecule has 0 saturated carbocycles. The topological polar surface area (TPSA) is 84.7 Å². The normalized spacial score (nSPS) is 17.8. The average molecular weight is 364 g/mol. The molecule has 1 atom stereocenters. The number of nitrogens with one attached hydrogen (secondary N) is 1. The van der Waals surface area contributed by atoms with E-state index in [9.17, 15) is 0 Å². The summed E-state index contributed by atoms with van der Waals surface area (Å²) in [6.45, 7) is 3.79. The Morgan fingerprint density at radius 2 is 1.96 bits per heavy atom. The van der Waals surface area contributed by atoms with Gasteiger partial charge < -0.3 is 9.88 Å². The summed E-state index contributed by atoms with van der Waals surface area (Å²) in [6, 6.07) is 4.07. The van der Waals surface area contributed by atoms with Crippen molar-refractivity contribution in [1.29, 1.82) is 0 Å². The van der Waals surface area contributed by atoms with Crippen LogP contribution >= 0.6 is 0 Å². The van der Waals surface area contributed by atoms with E-state index in [4.69, 9.17) is 4.98 Å². The summed E-state index contributed by atoms with van der Waals surface area (Å²) in [5, 5.41) is 3.19. The first-order valence-corrected chi connectivity index (χ1v) is 9.29. The predicted molar refractivity (Wildman–Crippen MR) is 102 cm³/mol. The molecular weight excluding hydrogens is 340 g/mol. The fourth-order valence-corrected chi connectivity index (χ4v) is 3.55. The Balaban J connectivity index is 1.59. The maximum Gasteiger partial charge on any atom is 0.228 e. The monoisotopic (exact) mass is 364 g/mol. The van der Waals surface area contributed by atoms with Crippen molar-refractivity contribution in [2.75, 3.05) is 11.9 Å². The molecule has 1 aliphatic rings. The summed E-state index contributed by atoms with van der Waals surface area (Å²) in [6.07, 6.45) is 10.8. The fourth-order valence-electron chi connectivity index (χ4n) is 3.55. The molecule has 0 aromatic carbocycles. The molecule has 0 unspecified atom stereocenters. The molecule has 1 aliphatic heterocycles. The molecular formula is C19H24N8. The van der Waals surface area contributed by atoms with Gasteiger partial charge in [0, 0.05) is 37.9 Å². The zero-order valence-electron chi connectivity index (χ0n) is 15.7. The van der Waals surface area contributed by atoms with Crippen LogP contribution < -0.4 is 5.32 Å². The molecule has 8 nitrogen and oxygen atoms in total. The first-order valence-electron chi connectivity index (χ1n) is 9.29. The Hall–Kier alpha value is -2.87. The van der Waals surface area contributed by atoms with Gasteiger partial charge in [0.1, 0.15) is 17.5 Å². The van der Waals surface area contributed by atoms with Crippen molar-refractivity contribution in [3.8, 4) is 0 Å². The lowest BCUT2D eigenvalue weighted by Gasteiger charge is -2.35. The summed E-state index contributed by atoms with van der Waals surface area (Å²) >= 11 is 0. The lowest BCUT2D eigenvalue weighted by molar-refractivity contribution is 0.132. The third-order valence-electron chi connectivity index (χ3n) is 4.88. The fraction of sp³-hybridized carbons (Fsp3) is 0.421. The second-order valence-electron chi connectivity index (χ2n) is 6.86. The molecule has 0 spiro atoms. The SMILES string of the molecule is Cc1nc(Nc2ncccn2)cc([C@H]2CCCCN2Cc2nccn2C)n1. The van der Waals surface area contributed by atoms with Gasteiger partial charge in [0.15, 0.2) is 0 Å². The summed E-state index contributed by atoms with van der Waals surface area (Å²) in [5.74, 6) is 3.08. The van der Waals surface area contributed by atoms with E-state index in [0.29, 0.717) is 5.95 Å². The van der Waals surface area contributed by atoms with Crippen LogP contribution in [0.1, 0.15) is 42.6 Å². The van der Waals surface area contributed by atoms with Gasteiger partial charge in [-0.05, 0) is 32.4 Å². The smallest absolute Gasteiger partial charge is 0.228 e. The minimum atomic E-state index is 0.259. The maximum atomic E-state index is 4.74. The minimum Gasteiger partial charge on any atom is -0.337 e. The lowest BCUT2D eigenvalue weighted by Crippen LogP contribution is -2.34. The summed E-state index contributed by atoms with van der Waals surface area (Å²) in [7, 11) is 2.04. The Labute approximate surface area is 158 Å². The molecule has 27 heavy (non-hydrogen) atoms. The van der Waals surface area contributed by atoms with E-state index in [1.165, 1.54) is 12.8 Å². The van der Waals surface area contributed by atoms with Gasteiger partial charge >= 0.3 is 0 Å². The Morgan fingerprint density at radius 3 is 2.74 bits per heavy atom. The van der Waals surface area contributed by atoms with E-state index >= 15 is 0 Å². The number of aryl methyl sites for hydroxylation is 2. The van der Waals surface area contributed by atoms with Crippen LogP contribution in [0.5, 0.6) is 0 Å². The highest BCUT2D eigenvalue weighted by molar-refractivity contribution is 5.48. The zero-order valence-corrected chi connectivity index (χ0v) is 15.7. The summed E-state index contributed by atoms with van der Waals surface area (Å²) in [4.78, 5) is 24.6. The van der Waals surface area contributed by atoms with E-state index in [-0.39, 0.29) is 6.04 Å². The molecule has 8 heteroatoms. The highest BCUT2D eigenvalue weighted by atomic mass is 15.2. The highest BCUT2D eigenvalue weighted by Gasteiger charge is 2.26. The number of rotatable bonds is 5. The van der Waals surface area contributed by atoms with Crippen molar-refractivity contribution >= 4 is 11.8 Å². The number of hydrogen-bond acceptors (Lipinski definition) is 7. The molecule has 0 radical (unpaired) electrons. The van der Waals surface area contributed by atoms with Crippen LogP contribution in [0.2, 0.25) is 0 Å². The first kappa shape index (κ1) is 17.5. The number of piperidine rings is 1. The van der Waals surface area contributed by atoms with Gasteiger partial charge in [0.05, 0.1) is 18.3 Å². The average Bonchev–Trinajstić information content (AvgIpc) is 3.07. The van der Waals surface area contributed by atoms with E-state index in [1.54, 1.807) is 18.5 Å². The Kier molecular flexibility index (Phi) is 5.06. The van der Waals surface area contributed by atoms with E-state index < -0.39 is 0 Å². The molecule has 1 fully saturated rings. The molecule has 3 aromatic rings. The van der Waals surface area contributed by atoms with E-state index in [1.807, 2.05) is 32.4 Å². The van der Waals surface area contributed by atoms with Crippen LogP contribution in [0.3, 0.4) is 0 Å². The van der Waals surface area contributed by atoms with E-state index in [0.717, 1.165) is 42.7 Å². The van der Waals surface area contributed by atoms with Gasteiger partial charge in [-0.25, -0.2) is 24.9 Å². The second-order valence-corrected chi connectivity index (χ2v) is 6.86. The summed E-state index contributed by atoms with van der Waals surface area (Å²) in [5.41, 5.74) is 1.04. The van der Waals surface area contributed by atoms with Gasteiger partial charge in [-0.15, -0.1) is 0 Å². The van der Waals surface area contributed by atoms with Gasteiger partial charge in [0.25, 0.3) is 0 Å². The van der Waals surface area contributed by atoms with Crippen molar-refractivity contribution in [3.63, 3.8) is 0 Å². The van der Waals surface area contributed by atoms with Crippen LogP contribution in [-0.4, -0.2) is 40.9 Å². The third-order valence-corrected chi connectivity index (χ3v) is 4.88. The van der Waals surface area contributed by atoms with Crippen molar-refractivity contribution in [2.45, 2.75) is 38.8 Å². The summed E-state index contributed by atoms with van der Waals surface area (Å²) < 4.78 is 2.08. The molecule has 0 amide bonds. The molecule has 4 heterocycles. The number of aromatic nitrogens is 6. The molecule has 0 bridgehead atoms. The minimum absolute atomic E-state index is 0.259. The van der Waals surface area contributed by atoms with Crippen LogP contribution in [0.15, 0.2) is 36.9 Å². The Bertz CT molecular complexity index is 892. The zero-order chi connectivity index (χ0) is 18.6. The van der Waals surface area contributed by atoms with Gasteiger partial charge in [-0.1, -0.05) is 6.42 Å². The van der Waals surface area contributed by atoms with Crippen LogP contribution in [0.25, 0.3) is 0 Å². The largest absolute Gasteiger partial charge is 0.337 e. The van der Waals surface area contributed by atoms with Crippen LogP contribution in [-0.2, 0) is 13.6 Å². The van der Waals surface area contributed by atoms with Crippen LogP contribution in [0, 0.1) is 6.92 Å². The number of imidazole rings is 1. The van der Waals surface area contributed by atoms with Crippen molar-refractivity contribution in [1.82, 2.24) is 34.4 Å². The van der Waals surface area contributed by atoms with Gasteiger partial charge in [-0.2, -0.15) is 0 Å². The Morgan fingerprint density at radius 1 is 1.11 bits per heavy atom. The third kappa shape index (κ3) is 4.11. The predicted octanol–water partition coefficient (Wildman–Crippen LogP) is 2.78. The molecule has 4 rings (SSSR count). The van der Waals surface area contributed by atoms with Gasteiger partial charge in [-0.3, -0.25) is 4.90 Å². The van der Waals surface area contributed by atoms with Crippen LogP contribution in [0.4, 0.5) is 11.8 Å². The molecule has 140 valence electrons. The number of anilines is 2. The molecule has 1 saturated heterocycles.